The number of hydrogen-bond donors (Lipinski definition) is 2. The number of likely N-dealkylation sites (tertiary alicyclic amines) is 1. The molecule has 0 radical (unpaired) electrons. The van der Waals surface area contributed by atoms with Gasteiger partial charge in [0.2, 0.25) is 0 Å². The number of carbonyl (C=O) groups is 2. The lowest BCUT2D eigenvalue weighted by Crippen LogP contribution is -2.32. The van der Waals surface area contributed by atoms with Gasteiger partial charge in [-0.3, -0.25) is 14.3 Å². The number of hydrogen-bond acceptors (Lipinski definition) is 5. The van der Waals surface area contributed by atoms with Crippen molar-refractivity contribution in [3.8, 4) is 0 Å². The lowest BCUT2D eigenvalue weighted by atomic mass is 10.1. The highest BCUT2D eigenvalue weighted by Gasteiger charge is 2.24. The topological polar surface area (TPSA) is 95.6 Å². The summed E-state index contributed by atoms with van der Waals surface area (Å²) in [5, 5.41) is 2.77. The number of thioether (sulfide) groups is 1. The summed E-state index contributed by atoms with van der Waals surface area (Å²) in [6.45, 7) is 3.81. The van der Waals surface area contributed by atoms with Gasteiger partial charge in [0.1, 0.15) is 0 Å². The second kappa shape index (κ2) is 11.6. The molecule has 178 valence electrons. The summed E-state index contributed by atoms with van der Waals surface area (Å²) in [6.07, 6.45) is 6.75. The molecule has 2 aromatic carbocycles. The van der Waals surface area contributed by atoms with Gasteiger partial charge in [0.15, 0.2) is 0 Å². The average Bonchev–Trinajstić information content (AvgIpc) is 3.11. The summed E-state index contributed by atoms with van der Waals surface area (Å²) in [4.78, 5) is 28.3. The summed E-state index contributed by atoms with van der Waals surface area (Å²) in [5.74, 6) is -0.484. The van der Waals surface area contributed by atoms with Crippen molar-refractivity contribution in [2.45, 2.75) is 48.8 Å². The molecule has 1 aliphatic rings. The summed E-state index contributed by atoms with van der Waals surface area (Å²) in [6, 6.07) is 11.1. The molecule has 1 fully saturated rings. The first-order valence-corrected chi connectivity index (χ1v) is 14.0. The van der Waals surface area contributed by atoms with E-state index in [2.05, 4.69) is 10.0 Å². The first-order chi connectivity index (χ1) is 15.9. The Morgan fingerprint density at radius 1 is 1.00 bits per heavy atom. The van der Waals surface area contributed by atoms with E-state index in [1.165, 1.54) is 23.9 Å². The molecule has 1 saturated heterocycles. The number of nitrogens with one attached hydrogen (secondary N) is 2. The Kier molecular flexibility index (Phi) is 8.80. The van der Waals surface area contributed by atoms with Gasteiger partial charge >= 0.3 is 0 Å². The van der Waals surface area contributed by atoms with Crippen LogP contribution in [0.1, 0.15) is 59.7 Å². The minimum Gasteiger partial charge on any atom is -0.352 e. The van der Waals surface area contributed by atoms with Crippen molar-refractivity contribution in [1.82, 2.24) is 10.2 Å². The number of rotatable bonds is 8. The van der Waals surface area contributed by atoms with Crippen LogP contribution >= 0.6 is 11.8 Å². The van der Waals surface area contributed by atoms with Gasteiger partial charge in [0, 0.05) is 24.5 Å². The Hall–Kier alpha value is -2.52. The van der Waals surface area contributed by atoms with E-state index in [-0.39, 0.29) is 28.0 Å². The van der Waals surface area contributed by atoms with Crippen LogP contribution < -0.4 is 10.0 Å². The number of carbonyl (C=O) groups excluding carboxylic acids is 2. The fourth-order valence-electron chi connectivity index (χ4n) is 3.77. The predicted octanol–water partition coefficient (Wildman–Crippen LogP) is 4.37. The zero-order valence-electron chi connectivity index (χ0n) is 19.1. The van der Waals surface area contributed by atoms with Crippen molar-refractivity contribution < 1.29 is 18.0 Å². The van der Waals surface area contributed by atoms with Crippen LogP contribution in [0.25, 0.3) is 0 Å². The van der Waals surface area contributed by atoms with E-state index in [9.17, 15) is 18.0 Å². The van der Waals surface area contributed by atoms with E-state index in [0.29, 0.717) is 25.2 Å². The number of anilines is 1. The van der Waals surface area contributed by atoms with Gasteiger partial charge in [0.25, 0.3) is 21.8 Å². The Bertz CT molecular complexity index is 1090. The zero-order chi connectivity index (χ0) is 23.8. The SMILES string of the molecule is CCCNC(=O)c1ccccc1NS(=O)(=O)c1ccc(SC)c(C(=O)N2CCCCCC2)c1. The van der Waals surface area contributed by atoms with Crippen molar-refractivity contribution in [2.24, 2.45) is 0 Å². The van der Waals surface area contributed by atoms with Gasteiger partial charge in [-0.1, -0.05) is 31.9 Å². The van der Waals surface area contributed by atoms with Crippen LogP contribution in [0.5, 0.6) is 0 Å². The highest BCUT2D eigenvalue weighted by molar-refractivity contribution is 7.98. The van der Waals surface area contributed by atoms with Gasteiger partial charge in [-0.25, -0.2) is 8.42 Å². The molecule has 1 heterocycles. The van der Waals surface area contributed by atoms with Crippen LogP contribution in [0, 0.1) is 0 Å². The Morgan fingerprint density at radius 2 is 1.70 bits per heavy atom. The Labute approximate surface area is 200 Å². The number of para-hydroxylation sites is 1. The van der Waals surface area contributed by atoms with Crippen LogP contribution in [0.2, 0.25) is 0 Å². The first-order valence-electron chi connectivity index (χ1n) is 11.2. The lowest BCUT2D eigenvalue weighted by Gasteiger charge is -2.22. The third-order valence-corrected chi connectivity index (χ3v) is 7.72. The molecular formula is C24H31N3O4S2. The number of benzene rings is 2. The minimum atomic E-state index is -4.02. The summed E-state index contributed by atoms with van der Waals surface area (Å²) >= 11 is 1.41. The van der Waals surface area contributed by atoms with Crippen molar-refractivity contribution >= 4 is 39.3 Å². The second-order valence-electron chi connectivity index (χ2n) is 7.98. The maximum Gasteiger partial charge on any atom is 0.261 e. The van der Waals surface area contributed by atoms with E-state index in [0.717, 1.165) is 37.0 Å². The minimum absolute atomic E-state index is 0.0118. The molecule has 2 amide bonds. The van der Waals surface area contributed by atoms with Crippen LogP contribution in [-0.2, 0) is 10.0 Å². The molecule has 0 atom stereocenters. The highest BCUT2D eigenvalue weighted by atomic mass is 32.2. The molecule has 7 nitrogen and oxygen atoms in total. The van der Waals surface area contributed by atoms with Gasteiger partial charge in [0.05, 0.1) is 21.7 Å². The fraction of sp³-hybridized carbons (Fsp3) is 0.417. The summed E-state index contributed by atoms with van der Waals surface area (Å²) in [5.41, 5.74) is 0.831. The van der Waals surface area contributed by atoms with E-state index in [1.807, 2.05) is 18.1 Å². The molecule has 33 heavy (non-hydrogen) atoms. The van der Waals surface area contributed by atoms with Crippen molar-refractivity contribution in [2.75, 3.05) is 30.6 Å². The van der Waals surface area contributed by atoms with E-state index >= 15 is 0 Å². The number of sulfonamides is 1. The Morgan fingerprint density at radius 3 is 2.36 bits per heavy atom. The molecular weight excluding hydrogens is 458 g/mol. The van der Waals surface area contributed by atoms with Crippen LogP contribution in [-0.4, -0.2) is 51.0 Å². The molecule has 0 aliphatic carbocycles. The van der Waals surface area contributed by atoms with E-state index < -0.39 is 10.0 Å². The summed E-state index contributed by atoms with van der Waals surface area (Å²) < 4.78 is 29.0. The highest BCUT2D eigenvalue weighted by Crippen LogP contribution is 2.28. The van der Waals surface area contributed by atoms with Crippen molar-refractivity contribution in [1.29, 1.82) is 0 Å². The molecule has 9 heteroatoms. The molecule has 2 aromatic rings. The van der Waals surface area contributed by atoms with Gasteiger partial charge in [-0.15, -0.1) is 11.8 Å². The molecule has 0 bridgehead atoms. The van der Waals surface area contributed by atoms with Crippen LogP contribution in [0.15, 0.2) is 52.3 Å². The molecule has 0 spiro atoms. The molecule has 1 aliphatic heterocycles. The largest absolute Gasteiger partial charge is 0.352 e. The first kappa shape index (κ1) is 25.1. The maximum absolute atomic E-state index is 13.3. The number of amides is 2. The third-order valence-electron chi connectivity index (χ3n) is 5.56. The van der Waals surface area contributed by atoms with Crippen molar-refractivity contribution in [3.05, 3.63) is 53.6 Å². The quantitative estimate of drug-likeness (QED) is 0.537. The molecule has 0 saturated carbocycles. The standard InChI is InChI=1S/C24H31N3O4S2/c1-3-14-25-23(28)19-10-6-7-11-21(19)26-33(30,31)18-12-13-22(32-2)20(17-18)24(29)27-15-8-4-5-9-16-27/h6-7,10-13,17,26H,3-5,8-9,14-16H2,1-2H3,(H,25,28). The summed E-state index contributed by atoms with van der Waals surface area (Å²) in [7, 11) is -4.02. The molecule has 2 N–H and O–H groups in total. The second-order valence-corrected chi connectivity index (χ2v) is 10.5. The lowest BCUT2D eigenvalue weighted by molar-refractivity contribution is 0.0757. The van der Waals surface area contributed by atoms with Crippen LogP contribution in [0.3, 0.4) is 0 Å². The third kappa shape index (κ3) is 6.29. The normalized spacial score (nSPS) is 14.4. The average molecular weight is 490 g/mol. The van der Waals surface area contributed by atoms with Gasteiger partial charge < -0.3 is 10.2 Å². The predicted molar refractivity (Wildman–Crippen MR) is 132 cm³/mol. The van der Waals surface area contributed by atoms with Crippen LogP contribution in [0.4, 0.5) is 5.69 Å². The maximum atomic E-state index is 13.3. The molecule has 0 aromatic heterocycles. The fourth-order valence-corrected chi connectivity index (χ4v) is 5.45. The Balaban J connectivity index is 1.91. The molecule has 0 unspecified atom stereocenters. The monoisotopic (exact) mass is 489 g/mol. The zero-order valence-corrected chi connectivity index (χ0v) is 20.7. The number of nitrogens with zero attached hydrogens (tertiary/aromatic N) is 1. The van der Waals surface area contributed by atoms with Gasteiger partial charge in [-0.05, 0) is 55.9 Å². The molecule has 3 rings (SSSR count). The van der Waals surface area contributed by atoms with E-state index in [1.54, 1.807) is 30.3 Å². The smallest absolute Gasteiger partial charge is 0.261 e. The van der Waals surface area contributed by atoms with E-state index in [4.69, 9.17) is 0 Å². The van der Waals surface area contributed by atoms with Gasteiger partial charge in [-0.2, -0.15) is 0 Å². The van der Waals surface area contributed by atoms with Crippen molar-refractivity contribution in [3.63, 3.8) is 0 Å².